The van der Waals surface area contributed by atoms with Crippen LogP contribution in [0.4, 0.5) is 0 Å². The number of sulfone groups is 1. The number of amides is 1. The Morgan fingerprint density at radius 2 is 2.04 bits per heavy atom. The van der Waals surface area contributed by atoms with Crippen LogP contribution in [0.15, 0.2) is 44.5 Å². The molecule has 1 saturated carbocycles. The quantitative estimate of drug-likeness (QED) is 0.847. The van der Waals surface area contributed by atoms with Crippen LogP contribution in [-0.2, 0) is 14.6 Å². The molecule has 1 aliphatic rings. The van der Waals surface area contributed by atoms with Crippen LogP contribution in [-0.4, -0.2) is 20.9 Å². The Labute approximate surface area is 146 Å². The van der Waals surface area contributed by atoms with Crippen molar-refractivity contribution in [3.63, 3.8) is 0 Å². The van der Waals surface area contributed by atoms with Gasteiger partial charge in [-0.25, -0.2) is 8.42 Å². The maximum Gasteiger partial charge on any atom is 0.223 e. The number of hydrogen-bond acceptors (Lipinski definition) is 5. The van der Waals surface area contributed by atoms with Crippen LogP contribution in [0.1, 0.15) is 43.1 Å². The summed E-state index contributed by atoms with van der Waals surface area (Å²) >= 11 is 1.18. The van der Waals surface area contributed by atoms with Crippen LogP contribution >= 0.6 is 11.3 Å². The average Bonchev–Trinajstić information content (AvgIpc) is 3.29. The highest BCUT2D eigenvalue weighted by molar-refractivity contribution is 7.93. The molecule has 2 heterocycles. The predicted molar refractivity (Wildman–Crippen MR) is 92.5 cm³/mol. The van der Waals surface area contributed by atoms with Gasteiger partial charge in [-0.2, -0.15) is 0 Å². The Morgan fingerprint density at radius 3 is 2.67 bits per heavy atom. The molecular weight excluding hydrogens is 346 g/mol. The number of carbonyl (C=O) groups excluding carboxylic acids is 1. The highest BCUT2D eigenvalue weighted by Gasteiger charge is 2.33. The molecule has 24 heavy (non-hydrogen) atoms. The molecule has 0 spiro atoms. The monoisotopic (exact) mass is 367 g/mol. The van der Waals surface area contributed by atoms with E-state index in [0.717, 1.165) is 25.7 Å². The lowest BCUT2D eigenvalue weighted by molar-refractivity contribution is -0.125. The van der Waals surface area contributed by atoms with Crippen LogP contribution in [0.2, 0.25) is 0 Å². The average molecular weight is 367 g/mol. The van der Waals surface area contributed by atoms with Crippen molar-refractivity contribution in [2.24, 2.45) is 5.92 Å². The van der Waals surface area contributed by atoms with Gasteiger partial charge in [0.1, 0.15) is 15.2 Å². The van der Waals surface area contributed by atoms with Crippen molar-refractivity contribution in [2.45, 2.75) is 41.6 Å². The highest BCUT2D eigenvalue weighted by Crippen LogP contribution is 2.31. The van der Waals surface area contributed by atoms with Gasteiger partial charge in [0.2, 0.25) is 5.91 Å². The number of furan rings is 1. The minimum atomic E-state index is -3.60. The van der Waals surface area contributed by atoms with E-state index in [0.29, 0.717) is 5.76 Å². The standard InChI is InChI=1S/C17H21NO4S2/c19-17(13-6-2-1-3-7-13)18-12-15(14-8-4-10-22-14)24(20,21)16-9-5-11-23-16/h4-5,8-11,13,15H,1-3,6-7,12H2,(H,18,19). The lowest BCUT2D eigenvalue weighted by Gasteiger charge is -2.22. The van der Waals surface area contributed by atoms with Gasteiger partial charge in [0.15, 0.2) is 9.84 Å². The largest absolute Gasteiger partial charge is 0.468 e. The Kier molecular flexibility index (Phi) is 5.40. The van der Waals surface area contributed by atoms with E-state index in [4.69, 9.17) is 4.42 Å². The summed E-state index contributed by atoms with van der Waals surface area (Å²) in [6.45, 7) is 0.0308. The highest BCUT2D eigenvalue weighted by atomic mass is 32.2. The van der Waals surface area contributed by atoms with E-state index >= 15 is 0 Å². The molecular formula is C17H21NO4S2. The first kappa shape index (κ1) is 17.2. The number of carbonyl (C=O) groups is 1. The molecule has 130 valence electrons. The lowest BCUT2D eigenvalue weighted by Crippen LogP contribution is -2.36. The summed E-state index contributed by atoms with van der Waals surface area (Å²) in [6.07, 6.45) is 6.52. The summed E-state index contributed by atoms with van der Waals surface area (Å²) < 4.78 is 31.4. The first-order chi connectivity index (χ1) is 11.6. The van der Waals surface area contributed by atoms with E-state index < -0.39 is 15.1 Å². The maximum atomic E-state index is 12.9. The molecule has 2 aromatic rings. The Hall–Kier alpha value is -1.60. The number of rotatable bonds is 6. The van der Waals surface area contributed by atoms with Gasteiger partial charge >= 0.3 is 0 Å². The summed E-state index contributed by atoms with van der Waals surface area (Å²) in [5.41, 5.74) is 0. The molecule has 1 fully saturated rings. The second-order valence-corrected chi connectivity index (χ2v) is 9.37. The molecule has 3 rings (SSSR count). The van der Waals surface area contributed by atoms with Crippen LogP contribution in [0, 0.1) is 5.92 Å². The van der Waals surface area contributed by atoms with Gasteiger partial charge in [-0.1, -0.05) is 25.3 Å². The van der Waals surface area contributed by atoms with Crippen LogP contribution < -0.4 is 5.32 Å². The SMILES string of the molecule is O=C(NCC(c1ccco1)S(=O)(=O)c1cccs1)C1CCCCC1. The van der Waals surface area contributed by atoms with E-state index in [2.05, 4.69) is 5.32 Å². The summed E-state index contributed by atoms with van der Waals surface area (Å²) in [7, 11) is -3.60. The van der Waals surface area contributed by atoms with Crippen molar-refractivity contribution in [3.05, 3.63) is 41.7 Å². The topological polar surface area (TPSA) is 76.4 Å². The summed E-state index contributed by atoms with van der Waals surface area (Å²) in [5, 5.41) is 3.66. The minimum Gasteiger partial charge on any atom is -0.468 e. The fourth-order valence-corrected chi connectivity index (χ4v) is 5.90. The summed E-state index contributed by atoms with van der Waals surface area (Å²) in [5.74, 6) is 0.306. The first-order valence-electron chi connectivity index (χ1n) is 8.17. The smallest absolute Gasteiger partial charge is 0.223 e. The normalized spacial score (nSPS) is 17.5. The van der Waals surface area contributed by atoms with E-state index in [1.807, 2.05) is 0 Å². The third kappa shape index (κ3) is 3.72. The molecule has 0 bridgehead atoms. The molecule has 0 aromatic carbocycles. The molecule has 0 aliphatic heterocycles. The summed E-state index contributed by atoms with van der Waals surface area (Å²) in [6, 6.07) is 6.59. The number of nitrogens with one attached hydrogen (secondary N) is 1. The van der Waals surface area contributed by atoms with E-state index in [1.165, 1.54) is 24.0 Å². The predicted octanol–water partition coefficient (Wildman–Crippen LogP) is 3.55. The second kappa shape index (κ2) is 7.53. The number of hydrogen-bond donors (Lipinski definition) is 1. The van der Waals surface area contributed by atoms with E-state index in [-0.39, 0.29) is 22.6 Å². The van der Waals surface area contributed by atoms with Crippen LogP contribution in [0.25, 0.3) is 0 Å². The van der Waals surface area contributed by atoms with Crippen LogP contribution in [0.5, 0.6) is 0 Å². The van der Waals surface area contributed by atoms with Gasteiger partial charge in [-0.05, 0) is 36.4 Å². The van der Waals surface area contributed by atoms with Crippen molar-refractivity contribution in [3.8, 4) is 0 Å². The first-order valence-corrected chi connectivity index (χ1v) is 10.6. The molecule has 1 atom stereocenters. The van der Waals surface area contributed by atoms with Gasteiger partial charge < -0.3 is 9.73 Å². The third-order valence-electron chi connectivity index (χ3n) is 4.45. The Balaban J connectivity index is 1.75. The fraction of sp³-hybridized carbons (Fsp3) is 0.471. The van der Waals surface area contributed by atoms with Gasteiger partial charge in [0.25, 0.3) is 0 Å². The lowest BCUT2D eigenvalue weighted by atomic mass is 9.89. The van der Waals surface area contributed by atoms with Crippen molar-refractivity contribution in [2.75, 3.05) is 6.54 Å². The van der Waals surface area contributed by atoms with Crippen LogP contribution in [0.3, 0.4) is 0 Å². The van der Waals surface area contributed by atoms with Crippen molar-refractivity contribution in [1.29, 1.82) is 0 Å². The van der Waals surface area contributed by atoms with Crippen molar-refractivity contribution in [1.82, 2.24) is 5.32 Å². The second-order valence-electron chi connectivity index (χ2n) is 6.06. The zero-order valence-electron chi connectivity index (χ0n) is 13.3. The van der Waals surface area contributed by atoms with Gasteiger partial charge in [0.05, 0.1) is 6.26 Å². The Bertz CT molecular complexity index is 745. The Morgan fingerprint density at radius 1 is 1.25 bits per heavy atom. The molecule has 1 amide bonds. The van der Waals surface area contributed by atoms with E-state index in [1.54, 1.807) is 29.6 Å². The van der Waals surface area contributed by atoms with E-state index in [9.17, 15) is 13.2 Å². The van der Waals surface area contributed by atoms with Crippen molar-refractivity contribution >= 4 is 27.1 Å². The van der Waals surface area contributed by atoms with Crippen molar-refractivity contribution < 1.29 is 17.6 Å². The molecule has 1 N–H and O–H groups in total. The third-order valence-corrected chi connectivity index (χ3v) is 7.94. The molecule has 1 unspecified atom stereocenters. The van der Waals surface area contributed by atoms with Gasteiger partial charge in [-0.15, -0.1) is 11.3 Å². The minimum absolute atomic E-state index is 0.000410. The molecule has 0 radical (unpaired) electrons. The van der Waals surface area contributed by atoms with Gasteiger partial charge in [-0.3, -0.25) is 4.79 Å². The zero-order chi connectivity index (χ0) is 17.0. The molecule has 2 aromatic heterocycles. The molecule has 7 heteroatoms. The fourth-order valence-electron chi connectivity index (χ4n) is 3.11. The van der Waals surface area contributed by atoms with Gasteiger partial charge in [0, 0.05) is 12.5 Å². The molecule has 5 nitrogen and oxygen atoms in total. The zero-order valence-corrected chi connectivity index (χ0v) is 14.9. The molecule has 0 saturated heterocycles. The summed E-state index contributed by atoms with van der Waals surface area (Å²) in [4.78, 5) is 12.4. The maximum absolute atomic E-state index is 12.9. The number of thiophene rings is 1. The molecule has 1 aliphatic carbocycles.